The number of hydrogen-bond acceptors (Lipinski definition) is 4. The third-order valence-electron chi connectivity index (χ3n) is 2.98. The minimum Gasteiger partial charge on any atom is -0.380 e. The van der Waals surface area contributed by atoms with Gasteiger partial charge in [-0.05, 0) is 26.0 Å². The van der Waals surface area contributed by atoms with Gasteiger partial charge >= 0.3 is 0 Å². The van der Waals surface area contributed by atoms with Gasteiger partial charge in [0, 0.05) is 28.9 Å². The Morgan fingerprint density at radius 2 is 2.20 bits per heavy atom. The Balaban J connectivity index is 2.14. The Hall–Kier alpha value is -1.40. The number of aromatic nitrogens is 3. The van der Waals surface area contributed by atoms with Crippen molar-refractivity contribution in [2.24, 2.45) is 0 Å². The Labute approximate surface area is 127 Å². The number of nitrogens with one attached hydrogen (secondary N) is 1. The van der Waals surface area contributed by atoms with Crippen LogP contribution in [0, 0.1) is 0 Å². The lowest BCUT2D eigenvalue weighted by Gasteiger charge is -2.14. The second-order valence-electron chi connectivity index (χ2n) is 4.77. The molecule has 0 amide bonds. The lowest BCUT2D eigenvalue weighted by atomic mass is 10.2. The normalized spacial score (nSPS) is 11.1. The van der Waals surface area contributed by atoms with E-state index in [1.807, 2.05) is 22.9 Å². The summed E-state index contributed by atoms with van der Waals surface area (Å²) in [5, 5.41) is 7.64. The maximum atomic E-state index is 5.25. The van der Waals surface area contributed by atoms with Crippen LogP contribution in [-0.2, 0) is 17.9 Å². The zero-order chi connectivity index (χ0) is 14.5. The molecule has 0 fully saturated rings. The molecule has 1 aromatic carbocycles. The number of halogens is 1. The molecule has 0 bridgehead atoms. The number of nitrogens with zero attached hydrogens (tertiary/aromatic N) is 3. The molecule has 1 N–H and O–H groups in total. The Morgan fingerprint density at radius 3 is 2.90 bits per heavy atom. The average molecular weight is 339 g/mol. The van der Waals surface area contributed by atoms with Crippen LogP contribution in [0.4, 0.5) is 5.69 Å². The fraction of sp³-hybridized carbons (Fsp3) is 0.429. The maximum Gasteiger partial charge on any atom is 0.146 e. The highest BCUT2D eigenvalue weighted by molar-refractivity contribution is 9.10. The van der Waals surface area contributed by atoms with Crippen LogP contribution < -0.4 is 5.32 Å². The van der Waals surface area contributed by atoms with Crippen LogP contribution >= 0.6 is 15.9 Å². The van der Waals surface area contributed by atoms with Crippen molar-refractivity contribution in [1.29, 1.82) is 0 Å². The van der Waals surface area contributed by atoms with Gasteiger partial charge in [0.05, 0.1) is 13.2 Å². The topological polar surface area (TPSA) is 52.0 Å². The van der Waals surface area contributed by atoms with E-state index >= 15 is 0 Å². The Kier molecular flexibility index (Phi) is 5.14. The highest BCUT2D eigenvalue weighted by atomic mass is 79.9. The highest BCUT2D eigenvalue weighted by Crippen LogP contribution is 2.26. The predicted molar refractivity (Wildman–Crippen MR) is 82.6 cm³/mol. The van der Waals surface area contributed by atoms with Gasteiger partial charge in [-0.15, -0.1) is 0 Å². The van der Waals surface area contributed by atoms with Crippen LogP contribution in [0.2, 0.25) is 0 Å². The lowest BCUT2D eigenvalue weighted by Crippen LogP contribution is -2.12. The van der Waals surface area contributed by atoms with Crippen molar-refractivity contribution >= 4 is 21.6 Å². The van der Waals surface area contributed by atoms with Crippen molar-refractivity contribution < 1.29 is 4.74 Å². The van der Waals surface area contributed by atoms with E-state index < -0.39 is 0 Å². The number of ether oxygens (including phenoxy) is 1. The fourth-order valence-electron chi connectivity index (χ4n) is 2.02. The summed E-state index contributed by atoms with van der Waals surface area (Å²) in [6, 6.07) is 6.35. The molecule has 0 saturated carbocycles. The number of rotatable bonds is 6. The average Bonchev–Trinajstić information content (AvgIpc) is 2.88. The first-order valence-electron chi connectivity index (χ1n) is 6.52. The minimum absolute atomic E-state index is 0.301. The molecule has 2 rings (SSSR count). The molecule has 0 aliphatic carbocycles. The molecular weight excluding hydrogens is 320 g/mol. The summed E-state index contributed by atoms with van der Waals surface area (Å²) in [7, 11) is 1.69. The standard InChI is InChI=1S/C14H19BrN4O/c1-10(2)19-14(17-9-18-19)7-16-13-6-4-5-12(15)11(13)8-20-3/h4-6,9-10,16H,7-8H2,1-3H3. The van der Waals surface area contributed by atoms with Crippen LogP contribution in [0.3, 0.4) is 0 Å². The first kappa shape index (κ1) is 15.0. The van der Waals surface area contributed by atoms with Gasteiger partial charge in [0.25, 0.3) is 0 Å². The monoisotopic (exact) mass is 338 g/mol. The minimum atomic E-state index is 0.301. The second-order valence-corrected chi connectivity index (χ2v) is 5.62. The van der Waals surface area contributed by atoms with E-state index in [-0.39, 0.29) is 0 Å². The third kappa shape index (κ3) is 3.37. The second kappa shape index (κ2) is 6.85. The molecule has 0 unspecified atom stereocenters. The molecule has 0 aliphatic rings. The molecule has 1 aromatic heterocycles. The van der Waals surface area contributed by atoms with Gasteiger partial charge in [-0.25, -0.2) is 9.67 Å². The van der Waals surface area contributed by atoms with Gasteiger partial charge in [0.15, 0.2) is 0 Å². The SMILES string of the molecule is COCc1c(Br)cccc1NCc1ncnn1C(C)C. The number of benzene rings is 1. The molecule has 6 heteroatoms. The number of hydrogen-bond donors (Lipinski definition) is 1. The van der Waals surface area contributed by atoms with Crippen LogP contribution in [-0.4, -0.2) is 21.9 Å². The summed E-state index contributed by atoms with van der Waals surface area (Å²) in [6.07, 6.45) is 1.59. The molecule has 0 spiro atoms. The van der Waals surface area contributed by atoms with Gasteiger partial charge < -0.3 is 10.1 Å². The summed E-state index contributed by atoms with van der Waals surface area (Å²) < 4.78 is 8.20. The van der Waals surface area contributed by atoms with Crippen LogP contribution in [0.1, 0.15) is 31.3 Å². The lowest BCUT2D eigenvalue weighted by molar-refractivity contribution is 0.185. The zero-order valence-corrected chi connectivity index (χ0v) is 13.5. The molecule has 0 aliphatic heterocycles. The summed E-state index contributed by atoms with van der Waals surface area (Å²) >= 11 is 3.55. The van der Waals surface area contributed by atoms with E-state index in [9.17, 15) is 0 Å². The van der Waals surface area contributed by atoms with E-state index in [2.05, 4.69) is 45.2 Å². The summed E-state index contributed by atoms with van der Waals surface area (Å²) in [6.45, 7) is 5.37. The first-order chi connectivity index (χ1) is 9.63. The van der Waals surface area contributed by atoms with E-state index in [0.29, 0.717) is 19.2 Å². The predicted octanol–water partition coefficient (Wildman–Crippen LogP) is 3.38. The quantitative estimate of drug-likeness (QED) is 0.877. The molecule has 108 valence electrons. The molecule has 0 atom stereocenters. The number of anilines is 1. The molecule has 20 heavy (non-hydrogen) atoms. The fourth-order valence-corrected chi connectivity index (χ4v) is 2.50. The van der Waals surface area contributed by atoms with Gasteiger partial charge in [-0.1, -0.05) is 22.0 Å². The van der Waals surface area contributed by atoms with Crippen molar-refractivity contribution in [3.05, 3.63) is 40.4 Å². The van der Waals surface area contributed by atoms with Crippen LogP contribution in [0.5, 0.6) is 0 Å². The van der Waals surface area contributed by atoms with Gasteiger partial charge in [-0.2, -0.15) is 5.10 Å². The largest absolute Gasteiger partial charge is 0.380 e. The van der Waals surface area contributed by atoms with E-state index in [1.165, 1.54) is 0 Å². The summed E-state index contributed by atoms with van der Waals surface area (Å²) in [5.41, 5.74) is 2.14. The Morgan fingerprint density at radius 1 is 1.40 bits per heavy atom. The van der Waals surface area contributed by atoms with E-state index in [0.717, 1.165) is 21.5 Å². The maximum absolute atomic E-state index is 5.25. The molecule has 5 nitrogen and oxygen atoms in total. The number of methoxy groups -OCH3 is 1. The molecule has 1 heterocycles. The smallest absolute Gasteiger partial charge is 0.146 e. The van der Waals surface area contributed by atoms with Crippen LogP contribution in [0.15, 0.2) is 29.0 Å². The summed E-state index contributed by atoms with van der Waals surface area (Å²) in [5.74, 6) is 0.920. The van der Waals surface area contributed by atoms with Crippen molar-refractivity contribution in [2.75, 3.05) is 12.4 Å². The molecule has 0 saturated heterocycles. The Bertz CT molecular complexity index is 568. The van der Waals surface area contributed by atoms with Crippen molar-refractivity contribution in [3.8, 4) is 0 Å². The van der Waals surface area contributed by atoms with Crippen molar-refractivity contribution in [3.63, 3.8) is 0 Å². The van der Waals surface area contributed by atoms with Gasteiger partial charge in [0.2, 0.25) is 0 Å². The van der Waals surface area contributed by atoms with E-state index in [4.69, 9.17) is 4.74 Å². The van der Waals surface area contributed by atoms with Crippen LogP contribution in [0.25, 0.3) is 0 Å². The zero-order valence-electron chi connectivity index (χ0n) is 11.9. The van der Waals surface area contributed by atoms with Crippen molar-refractivity contribution in [1.82, 2.24) is 14.8 Å². The van der Waals surface area contributed by atoms with Gasteiger partial charge in [-0.3, -0.25) is 0 Å². The molecular formula is C14H19BrN4O. The third-order valence-corrected chi connectivity index (χ3v) is 3.72. The van der Waals surface area contributed by atoms with Crippen molar-refractivity contribution in [2.45, 2.75) is 33.0 Å². The van der Waals surface area contributed by atoms with E-state index in [1.54, 1.807) is 13.4 Å². The summed E-state index contributed by atoms with van der Waals surface area (Å²) in [4.78, 5) is 4.30. The molecule has 0 radical (unpaired) electrons. The highest BCUT2D eigenvalue weighted by Gasteiger charge is 2.10. The molecule has 2 aromatic rings. The van der Waals surface area contributed by atoms with Gasteiger partial charge in [0.1, 0.15) is 12.2 Å². The first-order valence-corrected chi connectivity index (χ1v) is 7.31.